The number of hydrogen-bond acceptors (Lipinski definition) is 4. The molecule has 1 saturated heterocycles. The molecule has 21 heavy (non-hydrogen) atoms. The van der Waals surface area contributed by atoms with Crippen molar-refractivity contribution in [1.82, 2.24) is 9.99 Å². The van der Waals surface area contributed by atoms with Crippen molar-refractivity contribution < 1.29 is 0 Å². The van der Waals surface area contributed by atoms with Gasteiger partial charge in [-0.1, -0.05) is 18.2 Å². The fourth-order valence-corrected chi connectivity index (χ4v) is 2.56. The van der Waals surface area contributed by atoms with E-state index < -0.39 is 0 Å². The van der Waals surface area contributed by atoms with Crippen molar-refractivity contribution in [2.24, 2.45) is 5.10 Å². The third-order valence-corrected chi connectivity index (χ3v) is 3.77. The van der Waals surface area contributed by atoms with Gasteiger partial charge in [-0.3, -0.25) is 9.99 Å². The Balaban J connectivity index is 1.61. The maximum Gasteiger partial charge on any atom is 0.0647 e. The van der Waals surface area contributed by atoms with Crippen molar-refractivity contribution in [3.8, 4) is 0 Å². The summed E-state index contributed by atoms with van der Waals surface area (Å²) >= 11 is 0. The molecule has 1 aliphatic rings. The Hall–Kier alpha value is -2.36. The van der Waals surface area contributed by atoms with E-state index >= 15 is 0 Å². The van der Waals surface area contributed by atoms with Crippen LogP contribution < -0.4 is 4.90 Å². The summed E-state index contributed by atoms with van der Waals surface area (Å²) in [7, 11) is 0. The Kier molecular flexibility index (Phi) is 4.15. The number of aromatic nitrogens is 1. The molecule has 4 heteroatoms. The number of piperazine rings is 1. The SMILES string of the molecule is C/C(=N/N1CCN(c2ccccc2)CC1)c1ccncc1. The fourth-order valence-electron chi connectivity index (χ4n) is 2.56. The maximum absolute atomic E-state index is 4.73. The molecule has 0 unspecified atom stereocenters. The molecule has 1 aliphatic heterocycles. The molecule has 0 atom stereocenters. The molecule has 0 amide bonds. The van der Waals surface area contributed by atoms with E-state index in [1.165, 1.54) is 5.69 Å². The normalized spacial score (nSPS) is 16.1. The summed E-state index contributed by atoms with van der Waals surface area (Å²) in [5.74, 6) is 0. The second-order valence-electron chi connectivity index (χ2n) is 5.20. The van der Waals surface area contributed by atoms with Crippen molar-refractivity contribution >= 4 is 11.4 Å². The lowest BCUT2D eigenvalue weighted by atomic mass is 10.2. The summed E-state index contributed by atoms with van der Waals surface area (Å²) in [4.78, 5) is 6.45. The number of pyridine rings is 1. The summed E-state index contributed by atoms with van der Waals surface area (Å²) < 4.78 is 0. The van der Waals surface area contributed by atoms with Gasteiger partial charge in [0.2, 0.25) is 0 Å². The van der Waals surface area contributed by atoms with Gasteiger partial charge in [-0.25, -0.2) is 0 Å². The molecule has 2 aromatic rings. The Morgan fingerprint density at radius 1 is 0.952 bits per heavy atom. The maximum atomic E-state index is 4.73. The molecule has 0 bridgehead atoms. The zero-order valence-electron chi connectivity index (χ0n) is 12.3. The molecule has 1 aromatic heterocycles. The molecule has 0 N–H and O–H groups in total. The van der Waals surface area contributed by atoms with E-state index in [1.54, 1.807) is 0 Å². The molecular formula is C17H20N4. The molecule has 2 heterocycles. The van der Waals surface area contributed by atoms with Gasteiger partial charge in [0, 0.05) is 36.7 Å². The quantitative estimate of drug-likeness (QED) is 0.810. The topological polar surface area (TPSA) is 31.7 Å². The number of benzene rings is 1. The van der Waals surface area contributed by atoms with Crippen LogP contribution in [0.1, 0.15) is 12.5 Å². The minimum Gasteiger partial charge on any atom is -0.368 e. The molecule has 0 spiro atoms. The molecule has 0 aliphatic carbocycles. The number of anilines is 1. The van der Waals surface area contributed by atoms with E-state index in [2.05, 4.69) is 52.1 Å². The zero-order valence-corrected chi connectivity index (χ0v) is 12.3. The molecule has 1 fully saturated rings. The number of nitrogens with zero attached hydrogens (tertiary/aromatic N) is 4. The fraction of sp³-hybridized carbons (Fsp3) is 0.294. The van der Waals surface area contributed by atoms with Crippen LogP contribution in [0.15, 0.2) is 60.0 Å². The van der Waals surface area contributed by atoms with Gasteiger partial charge in [-0.2, -0.15) is 5.10 Å². The predicted molar refractivity (Wildman–Crippen MR) is 86.7 cm³/mol. The van der Waals surface area contributed by atoms with Gasteiger partial charge in [-0.15, -0.1) is 0 Å². The van der Waals surface area contributed by atoms with Gasteiger partial charge in [-0.05, 0) is 31.2 Å². The molecule has 0 saturated carbocycles. The van der Waals surface area contributed by atoms with Crippen LogP contribution in [0.4, 0.5) is 5.69 Å². The smallest absolute Gasteiger partial charge is 0.0647 e. The second kappa shape index (κ2) is 6.39. The summed E-state index contributed by atoms with van der Waals surface area (Å²) in [6, 6.07) is 14.6. The molecule has 108 valence electrons. The summed E-state index contributed by atoms with van der Waals surface area (Å²) in [6.07, 6.45) is 3.61. The zero-order chi connectivity index (χ0) is 14.5. The summed E-state index contributed by atoms with van der Waals surface area (Å²) in [6.45, 7) is 5.99. The average molecular weight is 280 g/mol. The van der Waals surface area contributed by atoms with Crippen molar-refractivity contribution in [2.45, 2.75) is 6.92 Å². The molecule has 4 nitrogen and oxygen atoms in total. The largest absolute Gasteiger partial charge is 0.368 e. The van der Waals surface area contributed by atoms with E-state index in [4.69, 9.17) is 5.10 Å². The predicted octanol–water partition coefficient (Wildman–Crippen LogP) is 2.63. The summed E-state index contributed by atoms with van der Waals surface area (Å²) in [5, 5.41) is 6.89. The molecule has 3 rings (SSSR count). The van der Waals surface area contributed by atoms with Gasteiger partial charge in [0.15, 0.2) is 0 Å². The van der Waals surface area contributed by atoms with Crippen LogP contribution in [-0.2, 0) is 0 Å². The van der Waals surface area contributed by atoms with E-state index in [-0.39, 0.29) is 0 Å². The molecular weight excluding hydrogens is 260 g/mol. The van der Waals surface area contributed by atoms with Gasteiger partial charge >= 0.3 is 0 Å². The first-order valence-corrected chi connectivity index (χ1v) is 7.33. The first-order valence-electron chi connectivity index (χ1n) is 7.33. The minimum atomic E-state index is 0.956. The lowest BCUT2D eigenvalue weighted by Crippen LogP contribution is -2.44. The Morgan fingerprint density at radius 2 is 1.62 bits per heavy atom. The highest BCUT2D eigenvalue weighted by molar-refractivity contribution is 5.98. The average Bonchev–Trinajstić information content (AvgIpc) is 2.57. The van der Waals surface area contributed by atoms with Crippen LogP contribution in [-0.4, -0.2) is 41.9 Å². The highest BCUT2D eigenvalue weighted by Gasteiger charge is 2.15. The van der Waals surface area contributed by atoms with Crippen molar-refractivity contribution in [2.75, 3.05) is 31.1 Å². The number of rotatable bonds is 3. The van der Waals surface area contributed by atoms with Crippen LogP contribution >= 0.6 is 0 Å². The van der Waals surface area contributed by atoms with Gasteiger partial charge in [0.05, 0.1) is 18.8 Å². The molecule has 0 radical (unpaired) electrons. The van der Waals surface area contributed by atoms with E-state index in [0.717, 1.165) is 37.5 Å². The monoisotopic (exact) mass is 280 g/mol. The Bertz CT molecular complexity index is 587. The standard InChI is InChI=1S/C17H20N4/c1-15(16-7-9-18-10-8-16)19-21-13-11-20(12-14-21)17-5-3-2-4-6-17/h2-10H,11-14H2,1H3/b19-15-. The van der Waals surface area contributed by atoms with Gasteiger partial charge in [0.1, 0.15) is 0 Å². The van der Waals surface area contributed by atoms with Crippen LogP contribution in [0.2, 0.25) is 0 Å². The van der Waals surface area contributed by atoms with Crippen LogP contribution in [0.25, 0.3) is 0 Å². The van der Waals surface area contributed by atoms with Crippen molar-refractivity contribution in [1.29, 1.82) is 0 Å². The Morgan fingerprint density at radius 3 is 2.29 bits per heavy atom. The van der Waals surface area contributed by atoms with Crippen molar-refractivity contribution in [3.63, 3.8) is 0 Å². The van der Waals surface area contributed by atoms with E-state index in [1.807, 2.05) is 24.5 Å². The van der Waals surface area contributed by atoms with Gasteiger partial charge < -0.3 is 4.90 Å². The summed E-state index contributed by atoms with van der Waals surface area (Å²) in [5.41, 5.74) is 3.48. The highest BCUT2D eigenvalue weighted by Crippen LogP contribution is 2.15. The third kappa shape index (κ3) is 3.40. The number of para-hydroxylation sites is 1. The number of hydrogen-bond donors (Lipinski definition) is 0. The number of hydrazone groups is 1. The minimum absolute atomic E-state index is 0.956. The highest BCUT2D eigenvalue weighted by atomic mass is 15.5. The van der Waals surface area contributed by atoms with Crippen molar-refractivity contribution in [3.05, 3.63) is 60.4 Å². The van der Waals surface area contributed by atoms with Gasteiger partial charge in [0.25, 0.3) is 0 Å². The second-order valence-corrected chi connectivity index (χ2v) is 5.20. The van der Waals surface area contributed by atoms with Crippen LogP contribution in [0.3, 0.4) is 0 Å². The lowest BCUT2D eigenvalue weighted by Gasteiger charge is -2.34. The lowest BCUT2D eigenvalue weighted by molar-refractivity contribution is 0.270. The van der Waals surface area contributed by atoms with Crippen LogP contribution in [0.5, 0.6) is 0 Å². The third-order valence-electron chi connectivity index (χ3n) is 3.77. The Labute approximate surface area is 125 Å². The van der Waals surface area contributed by atoms with E-state index in [0.29, 0.717) is 0 Å². The first kappa shape index (κ1) is 13.6. The van der Waals surface area contributed by atoms with Crippen LogP contribution in [0, 0.1) is 0 Å². The van der Waals surface area contributed by atoms with E-state index in [9.17, 15) is 0 Å². The first-order chi connectivity index (χ1) is 10.3. The molecule has 1 aromatic carbocycles.